The molecule has 1 heterocycles. The van der Waals surface area contributed by atoms with Crippen LogP contribution in [-0.2, 0) is 10.2 Å². The van der Waals surface area contributed by atoms with Gasteiger partial charge in [-0.1, -0.05) is 0 Å². The van der Waals surface area contributed by atoms with Crippen molar-refractivity contribution in [2.24, 2.45) is 0 Å². The van der Waals surface area contributed by atoms with Gasteiger partial charge in [-0.2, -0.15) is 12.7 Å². The zero-order valence-electron chi connectivity index (χ0n) is 9.41. The van der Waals surface area contributed by atoms with E-state index in [1.54, 1.807) is 0 Å². The van der Waals surface area contributed by atoms with Gasteiger partial charge >= 0.3 is 0 Å². The molecule has 1 fully saturated rings. The van der Waals surface area contributed by atoms with Crippen molar-refractivity contribution >= 4 is 10.2 Å². The summed E-state index contributed by atoms with van der Waals surface area (Å²) in [4.78, 5) is 0. The molecule has 2 N–H and O–H groups in total. The van der Waals surface area contributed by atoms with Gasteiger partial charge in [0.05, 0.1) is 0 Å². The molecule has 1 rings (SSSR count). The van der Waals surface area contributed by atoms with Gasteiger partial charge in [0.2, 0.25) is 0 Å². The molecule has 0 atom stereocenters. The Morgan fingerprint density at radius 2 is 2.00 bits per heavy atom. The first-order valence-electron chi connectivity index (χ1n) is 5.56. The molecule has 0 aromatic carbocycles. The smallest absolute Gasteiger partial charge is 0.279 e. The minimum absolute atomic E-state index is 0.466. The predicted molar refractivity (Wildman–Crippen MR) is 64.0 cm³/mol. The van der Waals surface area contributed by atoms with E-state index in [1.807, 2.05) is 0 Å². The molecule has 0 amide bonds. The summed E-state index contributed by atoms with van der Waals surface area (Å²) < 4.78 is 27.6. The second-order valence-electron chi connectivity index (χ2n) is 3.71. The number of rotatable bonds is 6. The summed E-state index contributed by atoms with van der Waals surface area (Å²) in [5.41, 5.74) is 0. The Labute approximate surface area is 97.8 Å². The first kappa shape index (κ1) is 13.5. The first-order chi connectivity index (χ1) is 7.67. The lowest BCUT2D eigenvalue weighted by atomic mass is 10.2. The third kappa shape index (κ3) is 4.49. The van der Waals surface area contributed by atoms with E-state index in [0.29, 0.717) is 26.1 Å². The Morgan fingerprint density at radius 1 is 1.31 bits per heavy atom. The van der Waals surface area contributed by atoms with Crippen LogP contribution in [0.1, 0.15) is 19.3 Å². The van der Waals surface area contributed by atoms with Crippen LogP contribution in [0, 0.1) is 12.3 Å². The topological polar surface area (TPSA) is 61.4 Å². The summed E-state index contributed by atoms with van der Waals surface area (Å²) in [6.07, 6.45) is 7.46. The van der Waals surface area contributed by atoms with Crippen LogP contribution >= 0.6 is 0 Å². The number of hydrogen-bond acceptors (Lipinski definition) is 3. The fourth-order valence-electron chi connectivity index (χ4n) is 1.53. The highest BCUT2D eigenvalue weighted by atomic mass is 32.2. The Kier molecular flexibility index (Phi) is 5.77. The third-order valence-corrected chi connectivity index (χ3v) is 4.06. The van der Waals surface area contributed by atoms with Crippen molar-refractivity contribution in [3.8, 4) is 12.3 Å². The maximum atomic E-state index is 11.8. The number of unbranched alkanes of at least 4 members (excludes halogenated alkanes) is 2. The summed E-state index contributed by atoms with van der Waals surface area (Å²) in [5.74, 6) is 2.53. The average Bonchev–Trinajstić information content (AvgIpc) is 2.30. The summed E-state index contributed by atoms with van der Waals surface area (Å²) in [6, 6.07) is 0. The fourth-order valence-corrected chi connectivity index (χ4v) is 2.78. The molecular weight excluding hydrogens is 226 g/mol. The molecule has 0 unspecified atom stereocenters. The average molecular weight is 245 g/mol. The minimum atomic E-state index is -3.28. The van der Waals surface area contributed by atoms with Gasteiger partial charge in [0.25, 0.3) is 10.2 Å². The van der Waals surface area contributed by atoms with Crippen LogP contribution in [0.25, 0.3) is 0 Å². The first-order valence-corrected chi connectivity index (χ1v) is 7.00. The van der Waals surface area contributed by atoms with E-state index in [4.69, 9.17) is 6.42 Å². The second-order valence-corrected chi connectivity index (χ2v) is 5.46. The lowest BCUT2D eigenvalue weighted by Crippen LogP contribution is -2.50. The van der Waals surface area contributed by atoms with Crippen LogP contribution < -0.4 is 10.0 Å². The molecule has 1 saturated heterocycles. The number of piperazine rings is 1. The van der Waals surface area contributed by atoms with Gasteiger partial charge in [-0.15, -0.1) is 12.3 Å². The van der Waals surface area contributed by atoms with Gasteiger partial charge in [0.15, 0.2) is 0 Å². The SMILES string of the molecule is C#CCCCCNS(=O)(=O)N1CCNCC1. The maximum Gasteiger partial charge on any atom is 0.279 e. The minimum Gasteiger partial charge on any atom is -0.314 e. The molecule has 1 aliphatic rings. The molecule has 0 aromatic rings. The number of nitrogens with one attached hydrogen (secondary N) is 2. The Morgan fingerprint density at radius 3 is 2.62 bits per heavy atom. The molecule has 0 bridgehead atoms. The van der Waals surface area contributed by atoms with Gasteiger partial charge in [-0.25, -0.2) is 4.72 Å². The van der Waals surface area contributed by atoms with Gasteiger partial charge in [-0.05, 0) is 12.8 Å². The van der Waals surface area contributed by atoms with Crippen molar-refractivity contribution in [2.75, 3.05) is 32.7 Å². The van der Waals surface area contributed by atoms with Crippen molar-refractivity contribution in [2.45, 2.75) is 19.3 Å². The zero-order chi connectivity index (χ0) is 11.9. The van der Waals surface area contributed by atoms with E-state index in [9.17, 15) is 8.42 Å². The molecule has 0 aromatic heterocycles. The van der Waals surface area contributed by atoms with Gasteiger partial charge in [0.1, 0.15) is 0 Å². The van der Waals surface area contributed by atoms with Gasteiger partial charge in [-0.3, -0.25) is 0 Å². The molecular formula is C10H19N3O2S. The Balaban J connectivity index is 2.25. The van der Waals surface area contributed by atoms with Crippen molar-refractivity contribution in [1.29, 1.82) is 0 Å². The van der Waals surface area contributed by atoms with Crippen molar-refractivity contribution in [3.05, 3.63) is 0 Å². The van der Waals surface area contributed by atoms with Crippen molar-refractivity contribution in [3.63, 3.8) is 0 Å². The van der Waals surface area contributed by atoms with Gasteiger partial charge < -0.3 is 5.32 Å². The monoisotopic (exact) mass is 245 g/mol. The molecule has 92 valence electrons. The lowest BCUT2D eigenvalue weighted by Gasteiger charge is -2.26. The highest BCUT2D eigenvalue weighted by Crippen LogP contribution is 2.00. The van der Waals surface area contributed by atoms with Crippen molar-refractivity contribution in [1.82, 2.24) is 14.3 Å². The van der Waals surface area contributed by atoms with Crippen LogP contribution in [0.3, 0.4) is 0 Å². The molecule has 0 saturated carbocycles. The van der Waals surface area contributed by atoms with Crippen LogP contribution in [0.2, 0.25) is 0 Å². The molecule has 6 heteroatoms. The quantitative estimate of drug-likeness (QED) is 0.491. The normalized spacial score (nSPS) is 18.2. The lowest BCUT2D eigenvalue weighted by molar-refractivity contribution is 0.354. The molecule has 16 heavy (non-hydrogen) atoms. The molecule has 0 spiro atoms. The highest BCUT2D eigenvalue weighted by Gasteiger charge is 2.22. The van der Waals surface area contributed by atoms with Crippen LogP contribution in [0.15, 0.2) is 0 Å². The number of nitrogens with zero attached hydrogens (tertiary/aromatic N) is 1. The van der Waals surface area contributed by atoms with Crippen molar-refractivity contribution < 1.29 is 8.42 Å². The molecule has 5 nitrogen and oxygen atoms in total. The van der Waals surface area contributed by atoms with E-state index in [2.05, 4.69) is 16.0 Å². The standard InChI is InChI=1S/C10H19N3O2S/c1-2-3-4-5-6-12-16(14,15)13-9-7-11-8-10-13/h1,11-12H,3-10H2. The van der Waals surface area contributed by atoms with E-state index in [-0.39, 0.29) is 0 Å². The van der Waals surface area contributed by atoms with E-state index in [0.717, 1.165) is 25.9 Å². The van der Waals surface area contributed by atoms with Gasteiger partial charge in [0, 0.05) is 39.1 Å². The van der Waals surface area contributed by atoms with E-state index in [1.165, 1.54) is 4.31 Å². The summed E-state index contributed by atoms with van der Waals surface area (Å²) >= 11 is 0. The zero-order valence-corrected chi connectivity index (χ0v) is 10.2. The molecule has 0 radical (unpaired) electrons. The predicted octanol–water partition coefficient (Wildman–Crippen LogP) is -0.470. The third-order valence-electron chi connectivity index (χ3n) is 2.45. The van der Waals surface area contributed by atoms with E-state index >= 15 is 0 Å². The fraction of sp³-hybridized carbons (Fsp3) is 0.800. The maximum absolute atomic E-state index is 11.8. The summed E-state index contributed by atoms with van der Waals surface area (Å²) in [5, 5.41) is 3.11. The van der Waals surface area contributed by atoms with Crippen LogP contribution in [0.5, 0.6) is 0 Å². The second kappa shape index (κ2) is 6.86. The summed E-state index contributed by atoms with van der Waals surface area (Å²) in [6.45, 7) is 2.99. The highest BCUT2D eigenvalue weighted by molar-refractivity contribution is 7.87. The van der Waals surface area contributed by atoms with E-state index < -0.39 is 10.2 Å². The molecule has 1 aliphatic heterocycles. The Hall–Kier alpha value is -0.610. The van der Waals surface area contributed by atoms with Crippen LogP contribution in [-0.4, -0.2) is 45.4 Å². The largest absolute Gasteiger partial charge is 0.314 e. The number of hydrogen-bond donors (Lipinski definition) is 2. The Bertz CT molecular complexity index is 328. The number of terminal acetylenes is 1. The molecule has 0 aliphatic carbocycles. The summed E-state index contributed by atoms with van der Waals surface area (Å²) in [7, 11) is -3.28. The van der Waals surface area contributed by atoms with Crippen LogP contribution in [0.4, 0.5) is 0 Å².